The minimum atomic E-state index is -1.18. The fourth-order valence-corrected chi connectivity index (χ4v) is 3.23. The van der Waals surface area contributed by atoms with Crippen LogP contribution in [0.4, 0.5) is 14.5 Å². The van der Waals surface area contributed by atoms with E-state index in [1.165, 1.54) is 13.0 Å². The number of hydrogen-bond donors (Lipinski definition) is 2. The molecule has 2 atom stereocenters. The van der Waals surface area contributed by atoms with Crippen LogP contribution in [0.15, 0.2) is 39.2 Å². The van der Waals surface area contributed by atoms with Gasteiger partial charge < -0.3 is 15.5 Å². The third-order valence-corrected chi connectivity index (χ3v) is 5.07. The molecule has 3 rings (SSSR count). The lowest BCUT2D eigenvalue weighted by Gasteiger charge is -2.10. The first-order chi connectivity index (χ1) is 12.4. The molecular weight excluding hydrogens is 428 g/mol. The van der Waals surface area contributed by atoms with Crippen LogP contribution < -0.4 is 11.1 Å². The molecule has 2 heterocycles. The summed E-state index contributed by atoms with van der Waals surface area (Å²) in [5.74, 6) is 0.182. The highest BCUT2D eigenvalue weighted by Crippen LogP contribution is 2.36. The number of benzene rings is 1. The molecule has 0 bridgehead atoms. The van der Waals surface area contributed by atoms with Crippen molar-refractivity contribution < 1.29 is 13.2 Å². The Kier molecular flexibility index (Phi) is 5.79. The smallest absolute Gasteiger partial charge is 0.177 e. The number of nitrogens with one attached hydrogen (secondary N) is 1. The largest absolute Gasteiger partial charge is 0.456 e. The van der Waals surface area contributed by atoms with Crippen molar-refractivity contribution in [3.63, 3.8) is 0 Å². The number of nitrogens with two attached hydrogens (primary N) is 1. The lowest BCUT2D eigenvalue weighted by molar-refractivity contribution is 0.295. The minimum Gasteiger partial charge on any atom is -0.456 e. The van der Waals surface area contributed by atoms with Gasteiger partial charge in [0.2, 0.25) is 0 Å². The summed E-state index contributed by atoms with van der Waals surface area (Å²) in [6, 6.07) is 7.38. The summed E-state index contributed by atoms with van der Waals surface area (Å²) in [7, 11) is 0. The molecular formula is C18H17BrClF2N3O. The van der Waals surface area contributed by atoms with Crippen LogP contribution in [0.2, 0.25) is 5.15 Å². The van der Waals surface area contributed by atoms with Crippen molar-refractivity contribution in [1.82, 2.24) is 4.98 Å². The van der Waals surface area contributed by atoms with Gasteiger partial charge in [-0.05, 0) is 28.9 Å². The monoisotopic (exact) mass is 443 g/mol. The third kappa shape index (κ3) is 4.00. The molecule has 3 N–H and O–H groups in total. The normalized spacial score (nSPS) is 13.8. The van der Waals surface area contributed by atoms with Gasteiger partial charge in [-0.1, -0.05) is 29.8 Å². The molecule has 0 aliphatic rings. The van der Waals surface area contributed by atoms with Gasteiger partial charge in [-0.2, -0.15) is 0 Å². The number of hydrogen-bond acceptors (Lipinski definition) is 4. The van der Waals surface area contributed by atoms with Gasteiger partial charge in [0.1, 0.15) is 28.4 Å². The zero-order chi connectivity index (χ0) is 18.8. The van der Waals surface area contributed by atoms with Crippen molar-refractivity contribution in [3.8, 4) is 0 Å². The quantitative estimate of drug-likeness (QED) is 0.512. The highest BCUT2D eigenvalue weighted by molar-refractivity contribution is 9.10. The number of furan rings is 1. The molecule has 3 aromatic rings. The van der Waals surface area contributed by atoms with Gasteiger partial charge in [0.15, 0.2) is 5.58 Å². The number of pyridine rings is 1. The van der Waals surface area contributed by atoms with Crippen LogP contribution in [0, 0.1) is 5.82 Å². The number of nitrogens with zero attached hydrogens (tertiary/aromatic N) is 1. The van der Waals surface area contributed by atoms with Crippen LogP contribution >= 0.6 is 27.5 Å². The molecule has 1 aromatic carbocycles. The van der Waals surface area contributed by atoms with Crippen LogP contribution in [0.3, 0.4) is 0 Å². The van der Waals surface area contributed by atoms with E-state index in [-0.39, 0.29) is 23.9 Å². The van der Waals surface area contributed by atoms with E-state index in [0.29, 0.717) is 32.6 Å². The zero-order valence-corrected chi connectivity index (χ0v) is 16.2. The first-order valence-electron chi connectivity index (χ1n) is 8.01. The molecule has 0 spiro atoms. The first-order valence-corrected chi connectivity index (χ1v) is 9.18. The van der Waals surface area contributed by atoms with Gasteiger partial charge in [0.05, 0.1) is 10.2 Å². The Bertz CT molecular complexity index is 932. The SMILES string of the molecule is C[C@H](F)[C@H](N)Cc1oc2c(NCc3ccccc3F)cc(Cl)nc2c1Br. The van der Waals surface area contributed by atoms with E-state index >= 15 is 0 Å². The molecule has 0 aliphatic carbocycles. The summed E-state index contributed by atoms with van der Waals surface area (Å²) in [4.78, 5) is 4.26. The van der Waals surface area contributed by atoms with E-state index in [2.05, 4.69) is 26.2 Å². The van der Waals surface area contributed by atoms with Gasteiger partial charge in [-0.25, -0.2) is 13.8 Å². The Morgan fingerprint density at radius 1 is 1.38 bits per heavy atom. The predicted octanol–water partition coefficient (Wildman–Crippen LogP) is 5.22. The van der Waals surface area contributed by atoms with Gasteiger partial charge in [-0.3, -0.25) is 0 Å². The van der Waals surface area contributed by atoms with Crippen molar-refractivity contribution in [3.05, 3.63) is 57.1 Å². The fourth-order valence-electron chi connectivity index (χ4n) is 2.53. The van der Waals surface area contributed by atoms with Crippen LogP contribution in [0.1, 0.15) is 18.2 Å². The Hall–Kier alpha value is -1.70. The molecule has 0 saturated carbocycles. The molecule has 0 saturated heterocycles. The van der Waals surface area contributed by atoms with Crippen molar-refractivity contribution in [2.45, 2.75) is 32.1 Å². The average molecular weight is 445 g/mol. The number of alkyl halides is 1. The molecule has 0 unspecified atom stereocenters. The molecule has 8 heteroatoms. The molecule has 4 nitrogen and oxygen atoms in total. The second-order valence-corrected chi connectivity index (χ2v) is 7.18. The van der Waals surface area contributed by atoms with Crippen LogP contribution in [-0.2, 0) is 13.0 Å². The third-order valence-electron chi connectivity index (χ3n) is 4.06. The highest BCUT2D eigenvalue weighted by Gasteiger charge is 2.21. The Morgan fingerprint density at radius 3 is 2.81 bits per heavy atom. The summed E-state index contributed by atoms with van der Waals surface area (Å²) < 4.78 is 33.6. The minimum absolute atomic E-state index is 0.207. The van der Waals surface area contributed by atoms with Crippen LogP contribution in [0.5, 0.6) is 0 Å². The maximum atomic E-state index is 13.8. The summed E-state index contributed by atoms with van der Waals surface area (Å²) >= 11 is 9.53. The molecule has 138 valence electrons. The highest BCUT2D eigenvalue weighted by atomic mass is 79.9. The summed E-state index contributed by atoms with van der Waals surface area (Å²) in [6.07, 6.45) is -0.968. The van der Waals surface area contributed by atoms with Gasteiger partial charge in [-0.15, -0.1) is 0 Å². The van der Waals surface area contributed by atoms with E-state index in [0.717, 1.165) is 0 Å². The lowest BCUT2D eigenvalue weighted by Crippen LogP contribution is -2.31. The molecule has 26 heavy (non-hydrogen) atoms. The lowest BCUT2D eigenvalue weighted by atomic mass is 10.1. The van der Waals surface area contributed by atoms with E-state index in [9.17, 15) is 8.78 Å². The molecule has 0 aliphatic heterocycles. The predicted molar refractivity (Wildman–Crippen MR) is 103 cm³/mol. The Labute approximate surface area is 162 Å². The number of halogens is 4. The topological polar surface area (TPSA) is 64.1 Å². The number of aromatic nitrogens is 1. The summed E-state index contributed by atoms with van der Waals surface area (Å²) in [5, 5.41) is 3.37. The van der Waals surface area contributed by atoms with Crippen molar-refractivity contribution in [2.24, 2.45) is 5.73 Å². The van der Waals surface area contributed by atoms with Crippen molar-refractivity contribution >= 4 is 44.3 Å². The maximum Gasteiger partial charge on any atom is 0.177 e. The summed E-state index contributed by atoms with van der Waals surface area (Å²) in [6.45, 7) is 1.65. The van der Waals surface area contributed by atoms with Gasteiger partial charge >= 0.3 is 0 Å². The molecule has 2 aromatic heterocycles. The maximum absolute atomic E-state index is 13.8. The van der Waals surface area contributed by atoms with E-state index in [1.807, 2.05) is 0 Å². The standard InChI is InChI=1S/C18H17BrClF2N3O/c1-9(21)12(23)6-14-16(19)17-18(26-14)13(7-15(20)25-17)24-8-10-4-2-3-5-11(10)22/h2-5,7,9,12H,6,8,23H2,1H3,(H,24,25)/t9-,12+/m0/s1. The number of rotatable bonds is 6. The van der Waals surface area contributed by atoms with Gasteiger partial charge in [0.25, 0.3) is 0 Å². The second-order valence-electron chi connectivity index (χ2n) is 6.00. The van der Waals surface area contributed by atoms with Gasteiger partial charge in [0, 0.05) is 30.6 Å². The second kappa shape index (κ2) is 7.90. The Morgan fingerprint density at radius 2 is 2.12 bits per heavy atom. The molecule has 0 fully saturated rings. The number of fused-ring (bicyclic) bond motifs is 1. The average Bonchev–Trinajstić information content (AvgIpc) is 2.90. The van der Waals surface area contributed by atoms with E-state index in [1.54, 1.807) is 24.3 Å². The fraction of sp³-hybridized carbons (Fsp3) is 0.278. The van der Waals surface area contributed by atoms with Crippen LogP contribution in [0.25, 0.3) is 11.1 Å². The van der Waals surface area contributed by atoms with E-state index in [4.69, 9.17) is 21.8 Å². The number of anilines is 1. The van der Waals surface area contributed by atoms with Crippen molar-refractivity contribution in [2.75, 3.05) is 5.32 Å². The summed E-state index contributed by atoms with van der Waals surface area (Å²) in [5.41, 5.74) is 7.83. The Balaban J connectivity index is 1.94. The van der Waals surface area contributed by atoms with Crippen LogP contribution in [-0.4, -0.2) is 17.2 Å². The zero-order valence-electron chi connectivity index (χ0n) is 13.9. The first kappa shape index (κ1) is 19.1. The molecule has 0 amide bonds. The molecule has 0 radical (unpaired) electrons. The van der Waals surface area contributed by atoms with E-state index < -0.39 is 12.2 Å². The van der Waals surface area contributed by atoms with Crippen molar-refractivity contribution in [1.29, 1.82) is 0 Å².